The van der Waals surface area contributed by atoms with Crippen LogP contribution in [0.4, 0.5) is 5.82 Å². The van der Waals surface area contributed by atoms with Crippen molar-refractivity contribution >= 4 is 17.5 Å². The Balaban J connectivity index is 1.40. The molecule has 3 heterocycles. The van der Waals surface area contributed by atoms with Gasteiger partial charge in [0, 0.05) is 44.4 Å². The average molecular weight is 394 g/mol. The minimum atomic E-state index is -0.510. The highest BCUT2D eigenvalue weighted by molar-refractivity contribution is 5.81. The lowest BCUT2D eigenvalue weighted by atomic mass is 10.2. The fourth-order valence-corrected chi connectivity index (χ4v) is 3.68. The largest absolute Gasteiger partial charge is 0.481 e. The van der Waals surface area contributed by atoms with E-state index >= 15 is 0 Å². The van der Waals surface area contributed by atoms with E-state index in [1.807, 2.05) is 46.6 Å². The highest BCUT2D eigenvalue weighted by Gasteiger charge is 2.27. The Hall–Kier alpha value is -3.16. The van der Waals surface area contributed by atoms with E-state index in [2.05, 4.69) is 33.1 Å². The first-order chi connectivity index (χ1) is 14.1. The second kappa shape index (κ2) is 8.06. The van der Waals surface area contributed by atoms with Gasteiger partial charge in [-0.25, -0.2) is 0 Å². The van der Waals surface area contributed by atoms with E-state index in [1.165, 1.54) is 0 Å². The minimum Gasteiger partial charge on any atom is -0.481 e. The first-order valence-electron chi connectivity index (χ1n) is 10.0. The summed E-state index contributed by atoms with van der Waals surface area (Å²) in [5.74, 6) is 3.14. The molecule has 29 heavy (non-hydrogen) atoms. The van der Waals surface area contributed by atoms with E-state index in [0.29, 0.717) is 24.6 Å². The Bertz CT molecular complexity index is 995. The molecule has 0 unspecified atom stereocenters. The average Bonchev–Trinajstić information content (AvgIpc) is 3.18. The maximum Gasteiger partial charge on any atom is 0.263 e. The molecule has 0 bridgehead atoms. The highest BCUT2D eigenvalue weighted by atomic mass is 16.5. The zero-order valence-corrected chi connectivity index (χ0v) is 17.1. The first kappa shape index (κ1) is 19.2. The zero-order valence-electron chi connectivity index (χ0n) is 17.1. The van der Waals surface area contributed by atoms with E-state index in [1.54, 1.807) is 6.92 Å². The number of nitrogens with zero attached hydrogens (tertiary/aromatic N) is 6. The standard InChI is InChI=1S/C21H26N6O2/c1-4-18-23-24-21-22-19(14-15(2)27(18)21)25-10-12-26(13-11-25)20(28)16(3)29-17-8-6-5-7-9-17/h5-9,14,16H,4,10-13H2,1-3H3/t16-/m0/s1. The number of hydrogen-bond donors (Lipinski definition) is 0. The summed E-state index contributed by atoms with van der Waals surface area (Å²) in [4.78, 5) is 21.5. The Morgan fingerprint density at radius 2 is 1.86 bits per heavy atom. The van der Waals surface area contributed by atoms with Gasteiger partial charge in [0.05, 0.1) is 0 Å². The van der Waals surface area contributed by atoms with Gasteiger partial charge in [0.2, 0.25) is 0 Å². The van der Waals surface area contributed by atoms with E-state index in [0.717, 1.165) is 36.8 Å². The third-order valence-corrected chi connectivity index (χ3v) is 5.25. The maximum absolute atomic E-state index is 12.8. The third kappa shape index (κ3) is 3.87. The molecule has 1 aliphatic heterocycles. The molecular formula is C21H26N6O2. The van der Waals surface area contributed by atoms with E-state index < -0.39 is 6.10 Å². The number of carbonyl (C=O) groups is 1. The molecule has 0 aliphatic carbocycles. The van der Waals surface area contributed by atoms with Gasteiger partial charge >= 0.3 is 0 Å². The van der Waals surface area contributed by atoms with Crippen molar-refractivity contribution in [1.29, 1.82) is 0 Å². The summed E-state index contributed by atoms with van der Waals surface area (Å²) in [5, 5.41) is 8.42. The van der Waals surface area contributed by atoms with Crippen LogP contribution in [0.15, 0.2) is 36.4 Å². The number of rotatable bonds is 5. The van der Waals surface area contributed by atoms with Gasteiger partial charge < -0.3 is 14.5 Å². The van der Waals surface area contributed by atoms with Crippen LogP contribution in [0.1, 0.15) is 25.4 Å². The maximum atomic E-state index is 12.8. The molecule has 1 fully saturated rings. The molecule has 152 valence electrons. The Morgan fingerprint density at radius 1 is 1.14 bits per heavy atom. The number of benzene rings is 1. The Labute approximate surface area is 170 Å². The number of anilines is 1. The van der Waals surface area contributed by atoms with E-state index in [9.17, 15) is 4.79 Å². The number of aromatic nitrogens is 4. The van der Waals surface area contributed by atoms with Crippen LogP contribution in [0.5, 0.6) is 5.75 Å². The van der Waals surface area contributed by atoms with Crippen molar-refractivity contribution in [2.45, 2.75) is 33.3 Å². The van der Waals surface area contributed by atoms with Gasteiger partial charge in [-0.3, -0.25) is 9.20 Å². The summed E-state index contributed by atoms with van der Waals surface area (Å²) < 4.78 is 7.77. The van der Waals surface area contributed by atoms with Crippen LogP contribution in [0.25, 0.3) is 5.78 Å². The first-order valence-corrected chi connectivity index (χ1v) is 10.0. The number of para-hydroxylation sites is 1. The molecule has 1 aliphatic rings. The lowest BCUT2D eigenvalue weighted by molar-refractivity contribution is -0.138. The summed E-state index contributed by atoms with van der Waals surface area (Å²) in [6, 6.07) is 11.5. The van der Waals surface area contributed by atoms with Crippen LogP contribution in [-0.2, 0) is 11.2 Å². The Kier molecular flexibility index (Phi) is 5.33. The van der Waals surface area contributed by atoms with Crippen molar-refractivity contribution in [3.05, 3.63) is 47.9 Å². The third-order valence-electron chi connectivity index (χ3n) is 5.25. The van der Waals surface area contributed by atoms with Gasteiger partial charge in [-0.05, 0) is 26.0 Å². The fourth-order valence-electron chi connectivity index (χ4n) is 3.68. The molecule has 0 saturated carbocycles. The molecule has 1 saturated heterocycles. The van der Waals surface area contributed by atoms with Crippen LogP contribution in [-0.4, -0.2) is 62.7 Å². The number of amides is 1. The van der Waals surface area contributed by atoms with Gasteiger partial charge in [-0.2, -0.15) is 4.98 Å². The molecule has 3 aromatic rings. The van der Waals surface area contributed by atoms with Crippen LogP contribution in [0, 0.1) is 6.92 Å². The van der Waals surface area contributed by atoms with Gasteiger partial charge in [-0.1, -0.05) is 25.1 Å². The van der Waals surface area contributed by atoms with Gasteiger partial charge in [0.25, 0.3) is 11.7 Å². The van der Waals surface area contributed by atoms with Gasteiger partial charge in [0.15, 0.2) is 6.10 Å². The monoisotopic (exact) mass is 394 g/mol. The molecule has 8 heteroatoms. The lowest BCUT2D eigenvalue weighted by Crippen LogP contribution is -2.52. The molecule has 8 nitrogen and oxygen atoms in total. The smallest absolute Gasteiger partial charge is 0.263 e. The molecule has 1 atom stereocenters. The Morgan fingerprint density at radius 3 is 2.55 bits per heavy atom. The van der Waals surface area contributed by atoms with Crippen molar-refractivity contribution in [2.75, 3.05) is 31.1 Å². The predicted octanol–water partition coefficient (Wildman–Crippen LogP) is 2.11. The number of piperazine rings is 1. The van der Waals surface area contributed by atoms with Crippen molar-refractivity contribution in [2.24, 2.45) is 0 Å². The summed E-state index contributed by atoms with van der Waals surface area (Å²) in [6.45, 7) is 8.63. The number of hydrogen-bond acceptors (Lipinski definition) is 6. The molecule has 1 amide bonds. The molecule has 1 aromatic carbocycles. The number of aryl methyl sites for hydroxylation is 2. The van der Waals surface area contributed by atoms with Gasteiger partial charge in [0.1, 0.15) is 17.4 Å². The number of fused-ring (bicyclic) bond motifs is 1. The topological polar surface area (TPSA) is 75.9 Å². The fraction of sp³-hybridized carbons (Fsp3) is 0.429. The summed E-state index contributed by atoms with van der Waals surface area (Å²) in [7, 11) is 0. The van der Waals surface area contributed by atoms with Gasteiger partial charge in [-0.15, -0.1) is 10.2 Å². The molecular weight excluding hydrogens is 368 g/mol. The van der Waals surface area contributed by atoms with Crippen LogP contribution in [0.2, 0.25) is 0 Å². The summed E-state index contributed by atoms with van der Waals surface area (Å²) in [5.41, 5.74) is 1.07. The van der Waals surface area contributed by atoms with E-state index in [-0.39, 0.29) is 5.91 Å². The number of ether oxygens (including phenoxy) is 1. The zero-order chi connectivity index (χ0) is 20.4. The highest BCUT2D eigenvalue weighted by Crippen LogP contribution is 2.19. The van der Waals surface area contributed by atoms with Crippen LogP contribution < -0.4 is 9.64 Å². The second-order valence-electron chi connectivity index (χ2n) is 7.25. The van der Waals surface area contributed by atoms with Crippen molar-refractivity contribution < 1.29 is 9.53 Å². The quantitative estimate of drug-likeness (QED) is 0.660. The van der Waals surface area contributed by atoms with Crippen LogP contribution >= 0.6 is 0 Å². The molecule has 0 spiro atoms. The molecule has 4 rings (SSSR count). The lowest BCUT2D eigenvalue weighted by Gasteiger charge is -2.36. The summed E-state index contributed by atoms with van der Waals surface area (Å²) >= 11 is 0. The summed E-state index contributed by atoms with van der Waals surface area (Å²) in [6.07, 6.45) is 0.302. The normalized spacial score (nSPS) is 15.6. The van der Waals surface area contributed by atoms with Crippen molar-refractivity contribution in [1.82, 2.24) is 24.5 Å². The molecule has 0 radical (unpaired) electrons. The SMILES string of the molecule is CCc1nnc2nc(N3CCN(C(=O)[C@H](C)Oc4ccccc4)CC3)cc(C)n12. The molecule has 0 N–H and O–H groups in total. The van der Waals surface area contributed by atoms with Crippen LogP contribution in [0.3, 0.4) is 0 Å². The molecule has 2 aromatic heterocycles. The van der Waals surface area contributed by atoms with Crippen molar-refractivity contribution in [3.8, 4) is 5.75 Å². The van der Waals surface area contributed by atoms with Crippen molar-refractivity contribution in [3.63, 3.8) is 0 Å². The predicted molar refractivity (Wildman–Crippen MR) is 110 cm³/mol. The van der Waals surface area contributed by atoms with E-state index in [4.69, 9.17) is 4.74 Å². The number of carbonyl (C=O) groups excluding carboxylic acids is 1. The second-order valence-corrected chi connectivity index (χ2v) is 7.25. The minimum absolute atomic E-state index is 0.0122.